The molecule has 0 saturated carbocycles. The Morgan fingerprint density at radius 2 is 1.83 bits per heavy atom. The molecule has 124 valence electrons. The van der Waals surface area contributed by atoms with Crippen molar-refractivity contribution in [2.45, 2.75) is 19.4 Å². The van der Waals surface area contributed by atoms with Crippen LogP contribution in [0.25, 0.3) is 0 Å². The van der Waals surface area contributed by atoms with Gasteiger partial charge in [-0.1, -0.05) is 18.2 Å². The molecule has 1 heterocycles. The molecule has 0 spiro atoms. The van der Waals surface area contributed by atoms with Gasteiger partial charge in [-0.15, -0.1) is 0 Å². The van der Waals surface area contributed by atoms with Gasteiger partial charge in [-0.2, -0.15) is 0 Å². The van der Waals surface area contributed by atoms with Crippen molar-refractivity contribution in [1.29, 1.82) is 0 Å². The zero-order chi connectivity index (χ0) is 17.1. The fourth-order valence-corrected chi connectivity index (χ4v) is 2.97. The van der Waals surface area contributed by atoms with E-state index in [0.717, 1.165) is 12.1 Å². The van der Waals surface area contributed by atoms with E-state index in [-0.39, 0.29) is 18.6 Å². The van der Waals surface area contributed by atoms with Crippen LogP contribution < -0.4 is 9.64 Å². The van der Waals surface area contributed by atoms with Crippen molar-refractivity contribution in [3.8, 4) is 5.75 Å². The number of para-hydroxylation sites is 1. The Morgan fingerprint density at radius 1 is 1.12 bits per heavy atom. The number of hydrogen-bond donors (Lipinski definition) is 0. The predicted molar refractivity (Wildman–Crippen MR) is 90.4 cm³/mol. The van der Waals surface area contributed by atoms with E-state index in [1.54, 1.807) is 29.2 Å². The van der Waals surface area contributed by atoms with Gasteiger partial charge in [-0.25, -0.2) is 4.79 Å². The minimum atomic E-state index is -0.403. The van der Waals surface area contributed by atoms with Crippen LogP contribution in [0.5, 0.6) is 5.75 Å². The maximum atomic E-state index is 12.5. The quantitative estimate of drug-likeness (QED) is 0.811. The largest absolute Gasteiger partial charge is 0.484 e. The van der Waals surface area contributed by atoms with Gasteiger partial charge in [-0.05, 0) is 49.2 Å². The Hall–Kier alpha value is -2.82. The van der Waals surface area contributed by atoms with Crippen molar-refractivity contribution < 1.29 is 19.1 Å². The topological polar surface area (TPSA) is 55.8 Å². The van der Waals surface area contributed by atoms with Crippen molar-refractivity contribution in [3.05, 3.63) is 59.7 Å². The molecule has 24 heavy (non-hydrogen) atoms. The summed E-state index contributed by atoms with van der Waals surface area (Å²) in [5.41, 5.74) is 2.58. The summed E-state index contributed by atoms with van der Waals surface area (Å²) in [6, 6.07) is 14.6. The molecule has 0 aliphatic carbocycles. The van der Waals surface area contributed by atoms with Crippen LogP contribution in [0.15, 0.2) is 48.5 Å². The number of methoxy groups -OCH3 is 1. The molecule has 0 radical (unpaired) electrons. The van der Waals surface area contributed by atoms with E-state index in [4.69, 9.17) is 4.74 Å². The lowest BCUT2D eigenvalue weighted by Gasteiger charge is -2.22. The lowest BCUT2D eigenvalue weighted by Crippen LogP contribution is -2.39. The molecule has 0 bridgehead atoms. The van der Waals surface area contributed by atoms with Gasteiger partial charge < -0.3 is 14.4 Å². The minimum Gasteiger partial charge on any atom is -0.484 e. The first-order chi connectivity index (χ1) is 11.6. The van der Waals surface area contributed by atoms with Crippen molar-refractivity contribution in [2.75, 3.05) is 18.6 Å². The van der Waals surface area contributed by atoms with Gasteiger partial charge in [0.2, 0.25) is 0 Å². The average molecular weight is 325 g/mol. The molecule has 2 aromatic carbocycles. The van der Waals surface area contributed by atoms with Gasteiger partial charge in [0.15, 0.2) is 6.61 Å². The van der Waals surface area contributed by atoms with Crippen LogP contribution in [-0.4, -0.2) is 31.6 Å². The van der Waals surface area contributed by atoms with Crippen molar-refractivity contribution in [3.63, 3.8) is 0 Å². The molecule has 1 unspecified atom stereocenters. The van der Waals surface area contributed by atoms with Crippen LogP contribution in [0.1, 0.15) is 22.8 Å². The van der Waals surface area contributed by atoms with E-state index in [0.29, 0.717) is 11.3 Å². The van der Waals surface area contributed by atoms with Gasteiger partial charge in [-0.3, -0.25) is 4.79 Å². The summed E-state index contributed by atoms with van der Waals surface area (Å²) in [6.45, 7) is 1.99. The smallest absolute Gasteiger partial charge is 0.337 e. The molecule has 0 saturated heterocycles. The minimum absolute atomic E-state index is 0.0454. The second-order valence-electron chi connectivity index (χ2n) is 5.75. The predicted octanol–water partition coefficient (Wildman–Crippen LogP) is 2.83. The first kappa shape index (κ1) is 16.1. The maximum Gasteiger partial charge on any atom is 0.337 e. The summed E-state index contributed by atoms with van der Waals surface area (Å²) in [4.78, 5) is 25.7. The molecule has 0 N–H and O–H groups in total. The number of esters is 1. The molecule has 1 amide bonds. The van der Waals surface area contributed by atoms with E-state index in [9.17, 15) is 9.59 Å². The molecule has 2 aromatic rings. The summed E-state index contributed by atoms with van der Waals surface area (Å²) in [5, 5.41) is 0. The highest BCUT2D eigenvalue weighted by molar-refractivity contribution is 5.97. The Bertz CT molecular complexity index is 754. The number of carbonyl (C=O) groups excluding carboxylic acids is 2. The highest BCUT2D eigenvalue weighted by Crippen LogP contribution is 2.31. The molecule has 0 fully saturated rings. The van der Waals surface area contributed by atoms with Gasteiger partial charge in [0.1, 0.15) is 5.75 Å². The molecule has 1 aliphatic rings. The van der Waals surface area contributed by atoms with Crippen molar-refractivity contribution in [2.24, 2.45) is 0 Å². The van der Waals surface area contributed by atoms with E-state index < -0.39 is 5.97 Å². The number of ether oxygens (including phenoxy) is 2. The van der Waals surface area contributed by atoms with Crippen LogP contribution in [-0.2, 0) is 16.0 Å². The first-order valence-electron chi connectivity index (χ1n) is 7.81. The SMILES string of the molecule is COC(=O)c1ccc(OCC(=O)N2c3ccccc3CC2C)cc1. The highest BCUT2D eigenvalue weighted by Gasteiger charge is 2.30. The van der Waals surface area contributed by atoms with E-state index >= 15 is 0 Å². The number of anilines is 1. The molecular weight excluding hydrogens is 306 g/mol. The van der Waals surface area contributed by atoms with Gasteiger partial charge in [0.05, 0.1) is 12.7 Å². The average Bonchev–Trinajstić information content (AvgIpc) is 2.95. The summed E-state index contributed by atoms with van der Waals surface area (Å²) in [6.07, 6.45) is 0.857. The Morgan fingerprint density at radius 3 is 2.54 bits per heavy atom. The second-order valence-corrected chi connectivity index (χ2v) is 5.75. The first-order valence-corrected chi connectivity index (χ1v) is 7.81. The number of amides is 1. The Balaban J connectivity index is 1.65. The summed E-state index contributed by atoms with van der Waals surface area (Å²) >= 11 is 0. The van der Waals surface area contributed by atoms with Crippen LogP contribution in [0.2, 0.25) is 0 Å². The molecular formula is C19H19NO4. The summed E-state index contributed by atoms with van der Waals surface area (Å²) < 4.78 is 10.2. The maximum absolute atomic E-state index is 12.5. The third-order valence-electron chi connectivity index (χ3n) is 4.11. The number of fused-ring (bicyclic) bond motifs is 1. The summed E-state index contributed by atoms with van der Waals surface area (Å²) in [7, 11) is 1.33. The third-order valence-corrected chi connectivity index (χ3v) is 4.11. The van der Waals surface area contributed by atoms with E-state index in [1.165, 1.54) is 12.7 Å². The lowest BCUT2D eigenvalue weighted by atomic mass is 10.1. The van der Waals surface area contributed by atoms with Crippen LogP contribution in [0.3, 0.4) is 0 Å². The molecule has 3 rings (SSSR count). The standard InChI is InChI=1S/C19H19NO4/c1-13-11-15-5-3-4-6-17(15)20(13)18(21)12-24-16-9-7-14(8-10-16)19(22)23-2/h3-10,13H,11-12H2,1-2H3. The van der Waals surface area contributed by atoms with Gasteiger partial charge in [0, 0.05) is 11.7 Å². The van der Waals surface area contributed by atoms with Crippen LogP contribution >= 0.6 is 0 Å². The zero-order valence-electron chi connectivity index (χ0n) is 13.7. The van der Waals surface area contributed by atoms with Crippen molar-refractivity contribution in [1.82, 2.24) is 0 Å². The van der Waals surface area contributed by atoms with Gasteiger partial charge >= 0.3 is 5.97 Å². The highest BCUT2D eigenvalue weighted by atomic mass is 16.5. The van der Waals surface area contributed by atoms with Crippen LogP contribution in [0, 0.1) is 0 Å². The van der Waals surface area contributed by atoms with E-state index in [2.05, 4.69) is 4.74 Å². The zero-order valence-corrected chi connectivity index (χ0v) is 13.7. The third kappa shape index (κ3) is 3.11. The van der Waals surface area contributed by atoms with Crippen molar-refractivity contribution >= 4 is 17.6 Å². The lowest BCUT2D eigenvalue weighted by molar-refractivity contribution is -0.120. The molecule has 5 heteroatoms. The number of rotatable bonds is 4. The number of hydrogen-bond acceptors (Lipinski definition) is 4. The number of benzene rings is 2. The fraction of sp³-hybridized carbons (Fsp3) is 0.263. The summed E-state index contributed by atoms with van der Waals surface area (Å²) in [5.74, 6) is 0.0563. The fourth-order valence-electron chi connectivity index (χ4n) is 2.97. The second kappa shape index (κ2) is 6.74. The molecule has 1 atom stereocenters. The van der Waals surface area contributed by atoms with Crippen LogP contribution in [0.4, 0.5) is 5.69 Å². The monoisotopic (exact) mass is 325 g/mol. The van der Waals surface area contributed by atoms with E-state index in [1.807, 2.05) is 31.2 Å². The van der Waals surface area contributed by atoms with Gasteiger partial charge in [0.25, 0.3) is 5.91 Å². The number of carbonyl (C=O) groups is 2. The molecule has 1 aliphatic heterocycles. The molecule has 0 aromatic heterocycles. The number of nitrogens with zero attached hydrogens (tertiary/aromatic N) is 1. The normalized spacial score (nSPS) is 15.8. The molecule has 5 nitrogen and oxygen atoms in total. The Labute approximate surface area is 140 Å². The Kier molecular flexibility index (Phi) is 4.51.